The van der Waals surface area contributed by atoms with E-state index in [4.69, 9.17) is 14.6 Å². The molecule has 9 heteroatoms. The third-order valence-electron chi connectivity index (χ3n) is 3.77. The van der Waals surface area contributed by atoms with Crippen LogP contribution in [0.2, 0.25) is 0 Å². The third kappa shape index (κ3) is 6.65. The first kappa shape index (κ1) is 21.4. The molecule has 0 aliphatic heterocycles. The molecule has 0 saturated heterocycles. The second-order valence-electron chi connectivity index (χ2n) is 5.90. The minimum absolute atomic E-state index is 0.169. The number of carboxylic acids is 2. The first-order valence-electron chi connectivity index (χ1n) is 8.53. The number of hydrogen-bond acceptors (Lipinski definition) is 6. The van der Waals surface area contributed by atoms with Crippen molar-refractivity contribution in [2.24, 2.45) is 0 Å². The van der Waals surface area contributed by atoms with E-state index in [0.29, 0.717) is 11.1 Å². The fraction of sp³-hybridized carbons (Fsp3) is 0.200. The van der Waals surface area contributed by atoms with Crippen molar-refractivity contribution in [3.8, 4) is 0 Å². The van der Waals surface area contributed by atoms with Crippen molar-refractivity contribution in [2.75, 3.05) is 0 Å². The van der Waals surface area contributed by atoms with Gasteiger partial charge in [0.05, 0.1) is 6.42 Å². The van der Waals surface area contributed by atoms with E-state index in [0.717, 1.165) is 0 Å². The average molecular weight is 401 g/mol. The van der Waals surface area contributed by atoms with Gasteiger partial charge < -0.3 is 19.7 Å². The van der Waals surface area contributed by atoms with Crippen LogP contribution >= 0.6 is 0 Å². The number of carboxylic acid groups (broad SMARTS) is 2. The number of carbonyl (C=O) groups is 4. The maximum atomic E-state index is 12.4. The second-order valence-corrected chi connectivity index (χ2v) is 5.90. The molecule has 0 aliphatic rings. The number of nitrogens with zero attached hydrogens (tertiary/aromatic N) is 1. The van der Waals surface area contributed by atoms with Crippen LogP contribution in [0.15, 0.2) is 60.7 Å². The molecule has 1 atom stereocenters. The van der Waals surface area contributed by atoms with Crippen molar-refractivity contribution >= 4 is 24.1 Å². The lowest BCUT2D eigenvalue weighted by Gasteiger charge is -2.25. The highest BCUT2D eigenvalue weighted by Gasteiger charge is 2.39. The molecule has 0 fully saturated rings. The summed E-state index contributed by atoms with van der Waals surface area (Å²) in [6.07, 6.45) is -3.64. The molecule has 0 bridgehead atoms. The predicted molar refractivity (Wildman–Crippen MR) is 98.8 cm³/mol. The molecule has 0 saturated carbocycles. The number of imide groups is 1. The van der Waals surface area contributed by atoms with E-state index in [1.165, 1.54) is 0 Å². The van der Waals surface area contributed by atoms with Crippen LogP contribution in [0.4, 0.5) is 9.59 Å². The summed E-state index contributed by atoms with van der Waals surface area (Å²) in [6, 6.07) is 15.0. The van der Waals surface area contributed by atoms with E-state index in [-0.39, 0.29) is 18.1 Å². The molecular formula is C20H19NO8. The number of benzene rings is 2. The van der Waals surface area contributed by atoms with Gasteiger partial charge >= 0.3 is 24.1 Å². The van der Waals surface area contributed by atoms with Gasteiger partial charge in [-0.25, -0.2) is 14.4 Å². The Kier molecular flexibility index (Phi) is 7.72. The standard InChI is InChI=1S/C20H19NO8/c22-17(23)11-16(18(24)25)21(19(26)28-12-14-7-3-1-4-8-14)20(27)29-13-15-9-5-2-6-10-15/h1-10,16H,11-13H2,(H,22,23)(H,24,25)/t16-/m1/s1. The van der Waals surface area contributed by atoms with Crippen LogP contribution in [-0.4, -0.2) is 45.3 Å². The molecule has 152 valence electrons. The fourth-order valence-electron chi connectivity index (χ4n) is 2.36. The van der Waals surface area contributed by atoms with Crippen LogP contribution < -0.4 is 0 Å². The molecule has 2 N–H and O–H groups in total. The van der Waals surface area contributed by atoms with E-state index in [1.807, 2.05) is 0 Å². The topological polar surface area (TPSA) is 130 Å². The Morgan fingerprint density at radius 3 is 1.52 bits per heavy atom. The van der Waals surface area contributed by atoms with Gasteiger partial charge in [-0.2, -0.15) is 4.90 Å². The molecule has 0 spiro atoms. The van der Waals surface area contributed by atoms with E-state index in [9.17, 15) is 24.3 Å². The van der Waals surface area contributed by atoms with Gasteiger partial charge in [0.2, 0.25) is 0 Å². The first-order valence-corrected chi connectivity index (χ1v) is 8.53. The van der Waals surface area contributed by atoms with E-state index >= 15 is 0 Å². The van der Waals surface area contributed by atoms with Crippen molar-refractivity contribution in [2.45, 2.75) is 25.7 Å². The summed E-state index contributed by atoms with van der Waals surface area (Å²) in [5, 5.41) is 18.3. The Labute approximate surface area is 166 Å². The normalized spacial score (nSPS) is 11.2. The Balaban J connectivity index is 2.16. The Bertz CT molecular complexity index is 798. The summed E-state index contributed by atoms with van der Waals surface area (Å²) >= 11 is 0. The van der Waals surface area contributed by atoms with Crippen molar-refractivity contribution in [1.29, 1.82) is 0 Å². The molecule has 0 aliphatic carbocycles. The highest BCUT2D eigenvalue weighted by molar-refractivity contribution is 5.95. The number of carbonyl (C=O) groups excluding carboxylic acids is 2. The zero-order valence-corrected chi connectivity index (χ0v) is 15.3. The summed E-state index contributed by atoms with van der Waals surface area (Å²) in [6.45, 7) is -0.469. The van der Waals surface area contributed by atoms with E-state index in [2.05, 4.69) is 0 Å². The lowest BCUT2D eigenvalue weighted by atomic mass is 10.2. The molecule has 2 aromatic rings. The monoisotopic (exact) mass is 401 g/mol. The van der Waals surface area contributed by atoms with Gasteiger partial charge in [0.25, 0.3) is 0 Å². The van der Waals surface area contributed by atoms with Gasteiger partial charge in [-0.05, 0) is 11.1 Å². The first-order chi connectivity index (χ1) is 13.9. The van der Waals surface area contributed by atoms with Crippen molar-refractivity contribution in [1.82, 2.24) is 4.90 Å². The molecule has 2 aromatic carbocycles. The summed E-state index contributed by atoms with van der Waals surface area (Å²) in [5.74, 6) is -3.19. The second kappa shape index (κ2) is 10.5. The minimum Gasteiger partial charge on any atom is -0.481 e. The number of ether oxygens (including phenoxy) is 2. The molecule has 0 unspecified atom stereocenters. The molecule has 0 heterocycles. The number of aliphatic carboxylic acids is 2. The minimum atomic E-state index is -1.99. The zero-order valence-electron chi connectivity index (χ0n) is 15.3. The quantitative estimate of drug-likeness (QED) is 0.690. The largest absolute Gasteiger partial charge is 0.481 e. The maximum Gasteiger partial charge on any atom is 0.420 e. The smallest absolute Gasteiger partial charge is 0.420 e. The van der Waals surface area contributed by atoms with Crippen molar-refractivity contribution in [3.63, 3.8) is 0 Å². The molecule has 2 rings (SSSR count). The fourth-order valence-corrected chi connectivity index (χ4v) is 2.36. The van der Waals surface area contributed by atoms with Gasteiger partial charge in [-0.1, -0.05) is 60.7 Å². The van der Waals surface area contributed by atoms with E-state index in [1.54, 1.807) is 60.7 Å². The van der Waals surface area contributed by atoms with Crippen molar-refractivity contribution < 1.29 is 38.9 Å². The maximum absolute atomic E-state index is 12.4. The van der Waals surface area contributed by atoms with Crippen LogP contribution in [0.5, 0.6) is 0 Å². The number of amides is 2. The lowest BCUT2D eigenvalue weighted by Crippen LogP contribution is -2.50. The van der Waals surface area contributed by atoms with Gasteiger partial charge in [0.15, 0.2) is 6.04 Å². The van der Waals surface area contributed by atoms with Gasteiger partial charge in [0.1, 0.15) is 13.2 Å². The summed E-state index contributed by atoms with van der Waals surface area (Å²) in [4.78, 5) is 47.6. The molecule has 29 heavy (non-hydrogen) atoms. The van der Waals surface area contributed by atoms with Gasteiger partial charge in [-0.3, -0.25) is 4.79 Å². The van der Waals surface area contributed by atoms with Gasteiger partial charge in [-0.15, -0.1) is 0 Å². The average Bonchev–Trinajstić information content (AvgIpc) is 2.71. The van der Waals surface area contributed by atoms with Crippen LogP contribution in [0, 0.1) is 0 Å². The van der Waals surface area contributed by atoms with E-state index < -0.39 is 36.6 Å². The molecule has 9 nitrogen and oxygen atoms in total. The molecule has 2 amide bonds. The highest BCUT2D eigenvalue weighted by Crippen LogP contribution is 2.13. The number of rotatable bonds is 8. The molecule has 0 aromatic heterocycles. The van der Waals surface area contributed by atoms with Crippen molar-refractivity contribution in [3.05, 3.63) is 71.8 Å². The Morgan fingerprint density at radius 2 is 1.17 bits per heavy atom. The predicted octanol–water partition coefficient (Wildman–Crippen LogP) is 2.89. The van der Waals surface area contributed by atoms with Gasteiger partial charge in [0, 0.05) is 0 Å². The van der Waals surface area contributed by atoms with Crippen LogP contribution in [-0.2, 0) is 32.3 Å². The molecular weight excluding hydrogens is 382 g/mol. The van der Waals surface area contributed by atoms with Crippen LogP contribution in [0.1, 0.15) is 17.5 Å². The zero-order chi connectivity index (χ0) is 21.2. The summed E-state index contributed by atoms with van der Waals surface area (Å²) in [5.41, 5.74) is 1.20. The lowest BCUT2D eigenvalue weighted by molar-refractivity contribution is -0.148. The highest BCUT2D eigenvalue weighted by atomic mass is 16.6. The number of hydrogen-bond donors (Lipinski definition) is 2. The van der Waals surface area contributed by atoms with Crippen LogP contribution in [0.25, 0.3) is 0 Å². The Hall–Kier alpha value is -3.88. The Morgan fingerprint density at radius 1 is 0.759 bits per heavy atom. The molecule has 0 radical (unpaired) electrons. The summed E-state index contributed by atoms with van der Waals surface area (Å²) < 4.78 is 10.0. The third-order valence-corrected chi connectivity index (χ3v) is 3.77. The van der Waals surface area contributed by atoms with Crippen LogP contribution in [0.3, 0.4) is 0 Å². The summed E-state index contributed by atoms with van der Waals surface area (Å²) in [7, 11) is 0. The SMILES string of the molecule is O=C(O)C[C@H](C(=O)O)N(C(=O)OCc1ccccc1)C(=O)OCc1ccccc1.